The van der Waals surface area contributed by atoms with Crippen LogP contribution in [0.15, 0.2) is 21.1 Å². The summed E-state index contributed by atoms with van der Waals surface area (Å²) in [5.41, 5.74) is 6.51. The van der Waals surface area contributed by atoms with Crippen LogP contribution in [-0.2, 0) is 6.42 Å². The highest BCUT2D eigenvalue weighted by Crippen LogP contribution is 2.35. The summed E-state index contributed by atoms with van der Waals surface area (Å²) in [6.45, 7) is 5.22. The molecule has 0 atom stereocenters. The molecule has 0 fully saturated rings. The second kappa shape index (κ2) is 8.77. The first-order valence-corrected chi connectivity index (χ1v) is 8.70. The van der Waals surface area contributed by atoms with Crippen molar-refractivity contribution in [2.24, 2.45) is 11.1 Å². The van der Waals surface area contributed by atoms with Gasteiger partial charge < -0.3 is 10.5 Å². The van der Waals surface area contributed by atoms with Gasteiger partial charge in [-0.1, -0.05) is 0 Å². The Morgan fingerprint density at radius 2 is 1.86 bits per heavy atom. The molecule has 3 nitrogen and oxygen atoms in total. The van der Waals surface area contributed by atoms with E-state index in [0.717, 1.165) is 40.4 Å². The Bertz CT molecular complexity index is 486. The lowest BCUT2D eigenvalue weighted by atomic mass is 9.89. The van der Waals surface area contributed by atoms with E-state index in [1.165, 1.54) is 5.56 Å². The molecular weight excluding hydrogens is 396 g/mol. The minimum atomic E-state index is -0.245. The maximum atomic E-state index is 8.97. The highest BCUT2D eigenvalue weighted by molar-refractivity contribution is 9.11. The van der Waals surface area contributed by atoms with Crippen molar-refractivity contribution in [3.8, 4) is 11.8 Å². The van der Waals surface area contributed by atoms with E-state index in [2.05, 4.69) is 37.9 Å². The lowest BCUT2D eigenvalue weighted by Crippen LogP contribution is -2.08. The zero-order valence-electron chi connectivity index (χ0n) is 12.6. The molecule has 1 aromatic rings. The third-order valence-electron chi connectivity index (χ3n) is 3.24. The molecule has 0 aliphatic carbocycles. The molecule has 0 bridgehead atoms. The highest BCUT2D eigenvalue weighted by atomic mass is 79.9. The van der Waals surface area contributed by atoms with Crippen molar-refractivity contribution in [1.29, 1.82) is 5.26 Å². The van der Waals surface area contributed by atoms with Crippen LogP contribution in [0, 0.1) is 16.7 Å². The zero-order valence-corrected chi connectivity index (χ0v) is 15.8. The van der Waals surface area contributed by atoms with E-state index in [-0.39, 0.29) is 5.41 Å². The first kappa shape index (κ1) is 18.5. The number of rotatable bonds is 8. The molecule has 0 amide bonds. The van der Waals surface area contributed by atoms with Gasteiger partial charge in [0.15, 0.2) is 0 Å². The van der Waals surface area contributed by atoms with E-state index in [4.69, 9.17) is 15.7 Å². The monoisotopic (exact) mass is 416 g/mol. The van der Waals surface area contributed by atoms with E-state index >= 15 is 0 Å². The number of ether oxygens (including phenoxy) is 1. The van der Waals surface area contributed by atoms with E-state index < -0.39 is 0 Å². The Hall–Kier alpha value is -0.570. The van der Waals surface area contributed by atoms with Crippen molar-refractivity contribution in [2.45, 2.75) is 39.5 Å². The molecule has 0 aliphatic heterocycles. The van der Waals surface area contributed by atoms with E-state index in [0.29, 0.717) is 13.2 Å². The van der Waals surface area contributed by atoms with Gasteiger partial charge in [0.2, 0.25) is 0 Å². The van der Waals surface area contributed by atoms with Crippen molar-refractivity contribution in [3.05, 3.63) is 26.6 Å². The summed E-state index contributed by atoms with van der Waals surface area (Å²) in [6.07, 6.45) is 3.67. The minimum Gasteiger partial charge on any atom is -0.491 e. The van der Waals surface area contributed by atoms with Crippen molar-refractivity contribution < 1.29 is 4.74 Å². The van der Waals surface area contributed by atoms with Crippen LogP contribution >= 0.6 is 31.9 Å². The van der Waals surface area contributed by atoms with Gasteiger partial charge in [-0.3, -0.25) is 0 Å². The number of unbranched alkanes of at least 4 members (excludes halogenated alkanes) is 1. The number of nitriles is 1. The highest BCUT2D eigenvalue weighted by Gasteiger charge is 2.15. The summed E-state index contributed by atoms with van der Waals surface area (Å²) in [7, 11) is 0. The lowest BCUT2D eigenvalue weighted by Gasteiger charge is -2.15. The van der Waals surface area contributed by atoms with E-state index in [1.807, 2.05) is 26.0 Å². The van der Waals surface area contributed by atoms with Gasteiger partial charge in [-0.15, -0.1) is 0 Å². The van der Waals surface area contributed by atoms with Crippen molar-refractivity contribution in [1.82, 2.24) is 0 Å². The minimum absolute atomic E-state index is 0.245. The Balaban J connectivity index is 2.48. The molecule has 1 aromatic carbocycles. The Labute approximate surface area is 144 Å². The number of hydrogen-bond acceptors (Lipinski definition) is 3. The van der Waals surface area contributed by atoms with Crippen LogP contribution in [0.2, 0.25) is 0 Å². The molecule has 2 N–H and O–H groups in total. The van der Waals surface area contributed by atoms with E-state index in [9.17, 15) is 0 Å². The standard InChI is InChI=1S/C16H22Br2N2O/c1-16(2,11-20)6-3-4-8-21-15-13(17)9-12(5-7-19)10-14(15)18/h9-10H,3-8,19H2,1-2H3. The first-order valence-electron chi connectivity index (χ1n) is 7.11. The lowest BCUT2D eigenvalue weighted by molar-refractivity contribution is 0.291. The summed E-state index contributed by atoms with van der Waals surface area (Å²) in [6, 6.07) is 6.42. The van der Waals surface area contributed by atoms with Crippen molar-refractivity contribution in [3.63, 3.8) is 0 Å². The molecule has 1 rings (SSSR count). The molecule has 116 valence electrons. The Morgan fingerprint density at radius 1 is 1.24 bits per heavy atom. The normalized spacial score (nSPS) is 11.2. The summed E-state index contributed by atoms with van der Waals surface area (Å²) < 4.78 is 7.73. The van der Waals surface area contributed by atoms with Gasteiger partial charge in [0.05, 0.1) is 27.0 Å². The van der Waals surface area contributed by atoms with Crippen LogP contribution in [0.3, 0.4) is 0 Å². The number of hydrogen-bond donors (Lipinski definition) is 1. The fourth-order valence-electron chi connectivity index (χ4n) is 1.96. The zero-order chi connectivity index (χ0) is 15.9. The third kappa shape index (κ3) is 6.37. The van der Waals surface area contributed by atoms with Gasteiger partial charge in [0, 0.05) is 0 Å². The van der Waals surface area contributed by atoms with Crippen LogP contribution in [-0.4, -0.2) is 13.2 Å². The van der Waals surface area contributed by atoms with Crippen LogP contribution in [0.25, 0.3) is 0 Å². The molecule has 0 aliphatic rings. The van der Waals surface area contributed by atoms with Gasteiger partial charge in [-0.05, 0) is 95.6 Å². The molecule has 21 heavy (non-hydrogen) atoms. The van der Waals surface area contributed by atoms with E-state index in [1.54, 1.807) is 0 Å². The second-order valence-electron chi connectivity index (χ2n) is 5.73. The van der Waals surface area contributed by atoms with Crippen LogP contribution in [0.4, 0.5) is 0 Å². The van der Waals surface area contributed by atoms with Gasteiger partial charge >= 0.3 is 0 Å². The van der Waals surface area contributed by atoms with Gasteiger partial charge in [0.25, 0.3) is 0 Å². The molecule has 0 heterocycles. The molecule has 0 radical (unpaired) electrons. The predicted octanol–water partition coefficient (Wildman–Crippen LogP) is 4.81. The van der Waals surface area contributed by atoms with Crippen LogP contribution < -0.4 is 10.5 Å². The predicted molar refractivity (Wildman–Crippen MR) is 93.3 cm³/mol. The number of nitrogens with zero attached hydrogens (tertiary/aromatic N) is 1. The first-order chi connectivity index (χ1) is 9.89. The molecular formula is C16H22Br2N2O. The summed E-state index contributed by atoms with van der Waals surface area (Å²) in [5.74, 6) is 0.829. The molecule has 0 unspecified atom stereocenters. The number of halogens is 2. The maximum absolute atomic E-state index is 8.97. The van der Waals surface area contributed by atoms with Gasteiger partial charge in [-0.25, -0.2) is 0 Å². The molecule has 0 aromatic heterocycles. The Morgan fingerprint density at radius 3 is 2.38 bits per heavy atom. The summed E-state index contributed by atoms with van der Waals surface area (Å²) in [5, 5.41) is 8.97. The molecule has 0 saturated carbocycles. The van der Waals surface area contributed by atoms with Crippen molar-refractivity contribution >= 4 is 31.9 Å². The molecule has 0 saturated heterocycles. The van der Waals surface area contributed by atoms with Gasteiger partial charge in [0.1, 0.15) is 5.75 Å². The summed E-state index contributed by atoms with van der Waals surface area (Å²) in [4.78, 5) is 0. The SMILES string of the molecule is CC(C)(C#N)CCCCOc1c(Br)cc(CCN)cc1Br. The molecule has 5 heteroatoms. The number of nitrogens with two attached hydrogens (primary N) is 1. The topological polar surface area (TPSA) is 59.0 Å². The Kier molecular flexibility index (Phi) is 7.72. The maximum Gasteiger partial charge on any atom is 0.147 e. The second-order valence-corrected chi connectivity index (χ2v) is 7.44. The quantitative estimate of drug-likeness (QED) is 0.617. The average Bonchev–Trinajstić information content (AvgIpc) is 2.41. The third-order valence-corrected chi connectivity index (χ3v) is 4.41. The average molecular weight is 418 g/mol. The largest absolute Gasteiger partial charge is 0.491 e. The fraction of sp³-hybridized carbons (Fsp3) is 0.562. The number of benzene rings is 1. The fourth-order valence-corrected chi connectivity index (χ4v) is 3.47. The summed E-state index contributed by atoms with van der Waals surface area (Å²) >= 11 is 7.08. The van der Waals surface area contributed by atoms with Crippen LogP contribution in [0.5, 0.6) is 5.75 Å². The van der Waals surface area contributed by atoms with Crippen LogP contribution in [0.1, 0.15) is 38.7 Å². The van der Waals surface area contributed by atoms with Crippen molar-refractivity contribution in [2.75, 3.05) is 13.2 Å². The van der Waals surface area contributed by atoms with Gasteiger partial charge in [-0.2, -0.15) is 5.26 Å². The smallest absolute Gasteiger partial charge is 0.147 e. The molecule has 0 spiro atoms.